The highest BCUT2D eigenvalue weighted by atomic mass is 33.1. The lowest BCUT2D eigenvalue weighted by molar-refractivity contribution is -0.150. The molecule has 12 rings (SSSR count). The first kappa shape index (κ1) is 58.0. The molecule has 0 spiro atoms. The molecular formula is C67H80N2O9S4. The Morgan fingerprint density at radius 3 is 2.44 bits per heavy atom. The Morgan fingerprint density at radius 2 is 1.61 bits per heavy atom. The molecule has 3 saturated carbocycles. The lowest BCUT2D eigenvalue weighted by Gasteiger charge is -2.53. The molecular weight excluding hydrogens is 1110 g/mol. The minimum atomic E-state index is -1.72. The van der Waals surface area contributed by atoms with Crippen molar-refractivity contribution in [3.8, 4) is 28.7 Å². The first-order chi connectivity index (χ1) is 39.9. The fourth-order valence-electron chi connectivity index (χ4n) is 16.0. The number of carbonyl (C=O) groups excluding carboxylic acids is 1. The number of aliphatic hydroxyl groups excluding tert-OH is 3. The number of nitrogens with one attached hydrogen (secondary N) is 2. The van der Waals surface area contributed by atoms with Gasteiger partial charge in [-0.1, -0.05) is 118 Å². The maximum atomic E-state index is 17.6. The number of hydrogen-bond acceptors (Lipinski definition) is 14. The summed E-state index contributed by atoms with van der Waals surface area (Å²) >= 11 is 0. The highest BCUT2D eigenvalue weighted by Gasteiger charge is 2.62. The molecule has 12 atom stereocenters. The number of aromatic hydroxyl groups is 3. The predicted octanol–water partition coefficient (Wildman–Crippen LogP) is 13.0. The van der Waals surface area contributed by atoms with E-state index in [0.717, 1.165) is 138 Å². The standard InChI is InChI=1S/C67H80N2O9S4/c1-3-40-16-17-41-11-8-14-51-59(35-70)82-81-37-46-29-60(74)67(49-30-48(31-50(71)32-49)66-23-7-6-12-47(66)13-9-24-69-66,54-38-80-79-36-44-10-4-5-15-57(44)78-58-28-43(54)19-20-55(58)72)65(76)62(46)63(75)45(26-39-22-25-68-34-39)27-42-18-21-56(73)64(77-2)53(42)33-52(40)61(41)51/h8,11,14,16-22,25,28,30-32,34,44-47,54,57,59-60,62-63,68-75H,3-7,9-10,12-13,15,23-24,26-27,29,33,35-38H2,1-2H3. The highest BCUT2D eigenvalue weighted by molar-refractivity contribution is 8.77. The summed E-state index contributed by atoms with van der Waals surface area (Å²) in [7, 11) is 8.21. The van der Waals surface area contributed by atoms with Crippen LogP contribution in [0, 0.1) is 29.6 Å². The van der Waals surface area contributed by atoms with E-state index < -0.39 is 46.8 Å². The van der Waals surface area contributed by atoms with Gasteiger partial charge in [0.25, 0.3) is 0 Å². The van der Waals surface area contributed by atoms with Crippen molar-refractivity contribution in [2.24, 2.45) is 29.6 Å². The number of H-pyrrole nitrogens is 1. The van der Waals surface area contributed by atoms with Crippen LogP contribution >= 0.6 is 43.2 Å². The van der Waals surface area contributed by atoms with Crippen LogP contribution in [0.15, 0.2) is 97.3 Å². The third-order valence-corrected chi connectivity index (χ3v) is 25.5. The average molecular weight is 1190 g/mol. The average Bonchev–Trinajstić information content (AvgIpc) is 2.02. The molecule has 0 radical (unpaired) electrons. The van der Waals surface area contributed by atoms with Crippen molar-refractivity contribution in [2.45, 2.75) is 144 Å². The molecule has 3 aliphatic heterocycles. The maximum absolute atomic E-state index is 17.6. The summed E-state index contributed by atoms with van der Waals surface area (Å²) in [6.45, 7) is 2.84. The molecule has 82 heavy (non-hydrogen) atoms. The van der Waals surface area contributed by atoms with Gasteiger partial charge in [-0.25, -0.2) is 0 Å². The second-order valence-corrected chi connectivity index (χ2v) is 29.6. The summed E-state index contributed by atoms with van der Waals surface area (Å²) in [5.74, 6) is -0.0816. The number of ether oxygens (including phenoxy) is 2. The Labute approximate surface area is 498 Å². The maximum Gasteiger partial charge on any atom is 0.164 e. The number of piperidine rings is 1. The molecule has 2 bridgehead atoms. The number of carbonyl (C=O) groups is 1. The zero-order valence-electron chi connectivity index (χ0n) is 47.2. The molecule has 4 fully saturated rings. The number of phenols is 3. The van der Waals surface area contributed by atoms with E-state index in [4.69, 9.17) is 9.47 Å². The van der Waals surface area contributed by atoms with E-state index in [-0.39, 0.29) is 53.3 Å². The molecule has 11 nitrogen and oxygen atoms in total. The van der Waals surface area contributed by atoms with Crippen molar-refractivity contribution in [3.05, 3.63) is 147 Å². The lowest BCUT2D eigenvalue weighted by atomic mass is 9.52. The Balaban J connectivity index is 1.07. The molecule has 436 valence electrons. The molecule has 12 unspecified atom stereocenters. The zero-order chi connectivity index (χ0) is 56.7. The van der Waals surface area contributed by atoms with Gasteiger partial charge in [-0.05, 0) is 187 Å². The lowest BCUT2D eigenvalue weighted by Crippen LogP contribution is -2.62. The van der Waals surface area contributed by atoms with Crippen molar-refractivity contribution in [1.82, 2.24) is 10.3 Å². The van der Waals surface area contributed by atoms with Crippen LogP contribution in [-0.2, 0) is 41.4 Å². The number of aromatic amines is 1. The minimum absolute atomic E-state index is 0.00822. The summed E-state index contributed by atoms with van der Waals surface area (Å²) in [6.07, 6.45) is 13.5. The van der Waals surface area contributed by atoms with Gasteiger partial charge in [-0.2, -0.15) is 0 Å². The van der Waals surface area contributed by atoms with Crippen molar-refractivity contribution < 1.29 is 44.9 Å². The number of methoxy groups -OCH3 is 1. The summed E-state index contributed by atoms with van der Waals surface area (Å²) in [5.41, 5.74) is 5.91. The van der Waals surface area contributed by atoms with Crippen LogP contribution in [0.5, 0.6) is 28.7 Å². The number of hydrogen-bond donors (Lipinski definition) is 8. The summed E-state index contributed by atoms with van der Waals surface area (Å²) in [6, 6.07) is 27.4. The minimum Gasteiger partial charge on any atom is -0.508 e. The largest absolute Gasteiger partial charge is 0.508 e. The SMILES string of the molecule is CCc1ccc2cccc3c2c1Cc1c(ccc(O)c1OC)CC(Cc1cc[nH]c1)C(O)C1C(=O)C(c2cc(O)cc(C45CCCCC4CCCN5)c2)(C2CSSCC4CCCCC4Oc4cc2ccc4O)C(O)CC1CSSC3CO. The number of aliphatic hydroxyl groups is 3. The van der Waals surface area contributed by atoms with Crippen LogP contribution < -0.4 is 14.8 Å². The van der Waals surface area contributed by atoms with Gasteiger partial charge in [0.15, 0.2) is 28.8 Å². The molecule has 4 heterocycles. The van der Waals surface area contributed by atoms with Crippen LogP contribution in [0.3, 0.4) is 0 Å². The summed E-state index contributed by atoms with van der Waals surface area (Å²) < 4.78 is 13.0. The monoisotopic (exact) mass is 1180 g/mol. The molecule has 6 aliphatic rings. The molecule has 15 heteroatoms. The number of ketones is 1. The Morgan fingerprint density at radius 1 is 0.805 bits per heavy atom. The number of phenolic OH excluding ortho intramolecular Hbond substituents is 3. The summed E-state index contributed by atoms with van der Waals surface area (Å²) in [4.78, 5) is 20.9. The predicted molar refractivity (Wildman–Crippen MR) is 334 cm³/mol. The van der Waals surface area contributed by atoms with Gasteiger partial charge in [0, 0.05) is 64.9 Å². The van der Waals surface area contributed by atoms with E-state index in [2.05, 4.69) is 47.6 Å². The smallest absolute Gasteiger partial charge is 0.164 e. The van der Waals surface area contributed by atoms with Crippen LogP contribution in [-0.4, -0.2) is 97.2 Å². The van der Waals surface area contributed by atoms with Crippen molar-refractivity contribution in [3.63, 3.8) is 0 Å². The molecule has 3 aliphatic carbocycles. The van der Waals surface area contributed by atoms with E-state index in [0.29, 0.717) is 53.7 Å². The zero-order valence-corrected chi connectivity index (χ0v) is 50.5. The number of benzene rings is 5. The Hall–Kier alpha value is -4.45. The fourth-order valence-corrected chi connectivity index (χ4v) is 21.8. The summed E-state index contributed by atoms with van der Waals surface area (Å²) in [5, 5.41) is 80.7. The first-order valence-electron chi connectivity index (χ1n) is 30.1. The molecule has 0 amide bonds. The van der Waals surface area contributed by atoms with Crippen molar-refractivity contribution in [2.75, 3.05) is 37.5 Å². The van der Waals surface area contributed by atoms with Gasteiger partial charge in [0.1, 0.15) is 11.9 Å². The Bertz CT molecular complexity index is 3240. The van der Waals surface area contributed by atoms with Crippen LogP contribution in [0.2, 0.25) is 0 Å². The third kappa shape index (κ3) is 10.8. The first-order valence-corrected chi connectivity index (χ1v) is 35.0. The normalized spacial score (nSPS) is 30.9. The van der Waals surface area contributed by atoms with Crippen molar-refractivity contribution >= 4 is 59.7 Å². The van der Waals surface area contributed by atoms with Gasteiger partial charge < -0.3 is 50.4 Å². The van der Waals surface area contributed by atoms with E-state index in [1.807, 2.05) is 48.8 Å². The van der Waals surface area contributed by atoms with Crippen molar-refractivity contribution in [1.29, 1.82) is 0 Å². The number of Topliss-reactive ketones (excluding diaryl/α,β-unsaturated/α-hetero) is 1. The van der Waals surface area contributed by atoms with Gasteiger partial charge in [-0.15, -0.1) is 0 Å². The van der Waals surface area contributed by atoms with Crippen LogP contribution in [0.4, 0.5) is 0 Å². The van der Waals surface area contributed by atoms with E-state index in [9.17, 15) is 30.6 Å². The highest BCUT2D eigenvalue weighted by Crippen LogP contribution is 2.58. The fraction of sp³-hybridized carbons (Fsp3) is 0.507. The third-order valence-electron chi connectivity index (χ3n) is 20.1. The number of fused-ring (bicyclic) bond motifs is 6. The van der Waals surface area contributed by atoms with E-state index in [1.165, 1.54) is 0 Å². The Kier molecular flexibility index (Phi) is 17.6. The topological polar surface area (TPSA) is 185 Å². The molecule has 1 saturated heterocycles. The van der Waals surface area contributed by atoms with Crippen LogP contribution in [0.1, 0.15) is 139 Å². The number of aromatic nitrogens is 1. The van der Waals surface area contributed by atoms with Gasteiger partial charge in [-0.3, -0.25) is 4.79 Å². The molecule has 1 aromatic heterocycles. The molecule has 5 aromatic carbocycles. The second kappa shape index (κ2) is 24.9. The molecule has 6 aromatic rings. The van der Waals surface area contributed by atoms with Gasteiger partial charge in [0.2, 0.25) is 0 Å². The van der Waals surface area contributed by atoms with Gasteiger partial charge in [0.05, 0.1) is 36.6 Å². The second-order valence-electron chi connectivity index (χ2n) is 24.4. The van der Waals surface area contributed by atoms with E-state index in [1.54, 1.807) is 68.5 Å². The van der Waals surface area contributed by atoms with E-state index >= 15 is 4.79 Å². The quantitative estimate of drug-likeness (QED) is 0.0673. The van der Waals surface area contributed by atoms with Gasteiger partial charge >= 0.3 is 0 Å². The number of rotatable bonds is 8. The molecule has 8 N–H and O–H groups in total. The number of aryl methyl sites for hydroxylation is 1. The van der Waals surface area contributed by atoms with Crippen LogP contribution in [0.25, 0.3) is 10.8 Å².